The second kappa shape index (κ2) is 7.38. The number of thioether (sulfide) groups is 1. The van der Waals surface area contributed by atoms with E-state index in [0.29, 0.717) is 30.7 Å². The minimum absolute atomic E-state index is 0.418. The fraction of sp³-hybridized carbons (Fsp3) is 0.450. The molecule has 0 saturated carbocycles. The molecule has 142 valence electrons. The molecule has 2 aromatic rings. The van der Waals surface area contributed by atoms with Gasteiger partial charge in [0, 0.05) is 30.2 Å². The number of hydrogen-bond donors (Lipinski definition) is 1. The minimum atomic E-state index is -0.576. The van der Waals surface area contributed by atoms with E-state index in [2.05, 4.69) is 24.3 Å². The molecule has 7 heteroatoms. The van der Waals surface area contributed by atoms with Crippen LogP contribution in [-0.2, 0) is 21.1 Å². The van der Waals surface area contributed by atoms with Crippen LogP contribution < -0.4 is 5.32 Å². The molecular formula is C20H24N4O2S. The first-order chi connectivity index (χ1) is 13.0. The number of anilines is 1. The minimum Gasteiger partial charge on any atom is -0.334 e. The molecule has 1 saturated heterocycles. The summed E-state index contributed by atoms with van der Waals surface area (Å²) in [7, 11) is 0. The molecule has 1 N–H and O–H groups in total. The number of carbonyl (C=O) groups is 2. The van der Waals surface area contributed by atoms with Crippen LogP contribution in [0.5, 0.6) is 0 Å². The topological polar surface area (TPSA) is 67.2 Å². The molecule has 27 heavy (non-hydrogen) atoms. The summed E-state index contributed by atoms with van der Waals surface area (Å²) in [4.78, 5) is 27.2. The molecule has 0 radical (unpaired) electrons. The fourth-order valence-corrected chi connectivity index (χ4v) is 5.07. The van der Waals surface area contributed by atoms with E-state index in [0.717, 1.165) is 34.9 Å². The first-order valence-corrected chi connectivity index (χ1v) is 10.5. The molecule has 4 rings (SSSR count). The molecule has 1 aromatic carbocycles. The van der Waals surface area contributed by atoms with E-state index in [4.69, 9.17) is 0 Å². The van der Waals surface area contributed by atoms with Crippen LogP contribution in [0, 0.1) is 11.8 Å². The Hall–Kier alpha value is -2.28. The number of rotatable bonds is 2. The van der Waals surface area contributed by atoms with E-state index >= 15 is 0 Å². The third-order valence-corrected chi connectivity index (χ3v) is 6.11. The Balaban J connectivity index is 1.59. The number of carbonyl (C=O) groups excluding carboxylic acids is 2. The largest absolute Gasteiger partial charge is 0.334 e. The highest BCUT2D eigenvalue weighted by molar-refractivity contribution is 7.98. The number of nitrogens with zero attached hydrogens (tertiary/aromatic N) is 3. The number of nitrogens with one attached hydrogen (secondary N) is 1. The molecule has 1 fully saturated rings. The van der Waals surface area contributed by atoms with Gasteiger partial charge in [0.05, 0.1) is 11.4 Å². The standard InChI is InChI=1S/C20H24N4O2S/c1-13-8-14(2)10-23(9-13)20(26)19(25)21-18-16-11-27-12-17(16)22-24(18)15-6-4-3-5-7-15/h3-7,13-14H,8-12H2,1-2H3,(H,21,25)/t13-,14-/m0/s1. The SMILES string of the molecule is C[C@H]1C[C@H](C)CN(C(=O)C(=O)Nc2c3c(nn2-c2ccccc2)CSC3)C1. The smallest absolute Gasteiger partial charge is 0.315 e. The Kier molecular flexibility index (Phi) is 4.95. The summed E-state index contributed by atoms with van der Waals surface area (Å²) in [5.41, 5.74) is 2.87. The van der Waals surface area contributed by atoms with Gasteiger partial charge in [-0.05, 0) is 30.4 Å². The molecule has 2 aliphatic rings. The van der Waals surface area contributed by atoms with Crippen molar-refractivity contribution in [3.05, 3.63) is 41.6 Å². The molecule has 1 aromatic heterocycles. The maximum absolute atomic E-state index is 12.8. The molecule has 3 heterocycles. The Morgan fingerprint density at radius 3 is 2.52 bits per heavy atom. The second-order valence-electron chi connectivity index (χ2n) is 7.62. The molecular weight excluding hydrogens is 360 g/mol. The summed E-state index contributed by atoms with van der Waals surface area (Å²) in [6.45, 7) is 5.54. The predicted octanol–water partition coefficient (Wildman–Crippen LogP) is 3.06. The number of para-hydroxylation sites is 1. The van der Waals surface area contributed by atoms with Crippen molar-refractivity contribution in [1.82, 2.24) is 14.7 Å². The lowest BCUT2D eigenvalue weighted by molar-refractivity contribution is -0.145. The summed E-state index contributed by atoms with van der Waals surface area (Å²) in [5, 5.41) is 7.54. The number of fused-ring (bicyclic) bond motifs is 1. The van der Waals surface area contributed by atoms with Gasteiger partial charge >= 0.3 is 11.8 Å². The maximum atomic E-state index is 12.8. The normalized spacial score (nSPS) is 21.8. The summed E-state index contributed by atoms with van der Waals surface area (Å²) < 4.78 is 1.75. The summed E-state index contributed by atoms with van der Waals surface area (Å²) in [6, 6.07) is 9.70. The zero-order chi connectivity index (χ0) is 19.0. The highest BCUT2D eigenvalue weighted by Crippen LogP contribution is 2.36. The van der Waals surface area contributed by atoms with Crippen LogP contribution in [0.3, 0.4) is 0 Å². The van der Waals surface area contributed by atoms with Gasteiger partial charge in [-0.1, -0.05) is 32.0 Å². The van der Waals surface area contributed by atoms with Crippen LogP contribution in [0.1, 0.15) is 31.5 Å². The van der Waals surface area contributed by atoms with Crippen LogP contribution >= 0.6 is 11.8 Å². The molecule has 0 unspecified atom stereocenters. The molecule has 2 aliphatic heterocycles. The quantitative estimate of drug-likeness (QED) is 0.808. The van der Waals surface area contributed by atoms with E-state index in [9.17, 15) is 9.59 Å². The molecule has 2 atom stereocenters. The lowest BCUT2D eigenvalue weighted by Gasteiger charge is -2.34. The molecule has 0 aliphatic carbocycles. The van der Waals surface area contributed by atoms with Crippen molar-refractivity contribution in [3.63, 3.8) is 0 Å². The van der Waals surface area contributed by atoms with Crippen molar-refractivity contribution in [2.75, 3.05) is 18.4 Å². The Morgan fingerprint density at radius 1 is 1.11 bits per heavy atom. The van der Waals surface area contributed by atoms with Gasteiger partial charge < -0.3 is 10.2 Å². The second-order valence-corrected chi connectivity index (χ2v) is 8.61. The monoisotopic (exact) mass is 384 g/mol. The van der Waals surface area contributed by atoms with Gasteiger partial charge in [-0.3, -0.25) is 9.59 Å². The van der Waals surface area contributed by atoms with Gasteiger partial charge in [0.15, 0.2) is 0 Å². The predicted molar refractivity (Wildman–Crippen MR) is 107 cm³/mol. The van der Waals surface area contributed by atoms with Crippen molar-refractivity contribution in [3.8, 4) is 5.69 Å². The molecule has 2 amide bonds. The van der Waals surface area contributed by atoms with Crippen molar-refractivity contribution in [2.24, 2.45) is 11.8 Å². The summed E-state index contributed by atoms with van der Waals surface area (Å²) in [5.74, 6) is 2.05. The number of aromatic nitrogens is 2. The Labute approximate surface area is 163 Å². The van der Waals surface area contributed by atoms with E-state index in [-0.39, 0.29) is 0 Å². The number of hydrogen-bond acceptors (Lipinski definition) is 4. The van der Waals surface area contributed by atoms with Gasteiger partial charge in [-0.25, -0.2) is 4.68 Å². The fourth-order valence-electron chi connectivity index (χ4n) is 4.03. The average Bonchev–Trinajstić information content (AvgIpc) is 3.23. The van der Waals surface area contributed by atoms with E-state index in [1.54, 1.807) is 21.3 Å². The highest BCUT2D eigenvalue weighted by Gasteiger charge is 2.31. The number of likely N-dealkylation sites (tertiary alicyclic amines) is 1. The summed E-state index contributed by atoms with van der Waals surface area (Å²) >= 11 is 1.77. The maximum Gasteiger partial charge on any atom is 0.315 e. The Bertz CT molecular complexity index is 854. The number of benzene rings is 1. The van der Waals surface area contributed by atoms with Crippen LogP contribution in [0.4, 0.5) is 5.82 Å². The summed E-state index contributed by atoms with van der Waals surface area (Å²) in [6.07, 6.45) is 1.09. The van der Waals surface area contributed by atoms with Crippen molar-refractivity contribution < 1.29 is 9.59 Å². The highest BCUT2D eigenvalue weighted by atomic mass is 32.2. The van der Waals surface area contributed by atoms with Crippen LogP contribution in [0.15, 0.2) is 30.3 Å². The lowest BCUT2D eigenvalue weighted by atomic mass is 9.92. The zero-order valence-electron chi connectivity index (χ0n) is 15.6. The molecule has 6 nitrogen and oxygen atoms in total. The van der Waals surface area contributed by atoms with Crippen molar-refractivity contribution in [1.29, 1.82) is 0 Å². The van der Waals surface area contributed by atoms with E-state index < -0.39 is 11.8 Å². The number of piperidine rings is 1. The first-order valence-electron chi connectivity index (χ1n) is 9.37. The lowest BCUT2D eigenvalue weighted by Crippen LogP contribution is -2.47. The third kappa shape index (κ3) is 3.60. The van der Waals surface area contributed by atoms with Gasteiger partial charge in [0.25, 0.3) is 0 Å². The number of amides is 2. The van der Waals surface area contributed by atoms with Crippen LogP contribution in [-0.4, -0.2) is 39.6 Å². The van der Waals surface area contributed by atoms with E-state index in [1.807, 2.05) is 30.3 Å². The van der Waals surface area contributed by atoms with Crippen molar-refractivity contribution in [2.45, 2.75) is 31.8 Å². The van der Waals surface area contributed by atoms with Crippen molar-refractivity contribution >= 4 is 29.4 Å². The van der Waals surface area contributed by atoms with Gasteiger partial charge in [0.2, 0.25) is 0 Å². The zero-order valence-corrected chi connectivity index (χ0v) is 16.5. The first kappa shape index (κ1) is 18.1. The molecule has 0 bridgehead atoms. The van der Waals surface area contributed by atoms with Gasteiger partial charge in [-0.2, -0.15) is 16.9 Å². The Morgan fingerprint density at radius 2 is 1.81 bits per heavy atom. The average molecular weight is 385 g/mol. The molecule has 0 spiro atoms. The third-order valence-electron chi connectivity index (χ3n) is 5.13. The van der Waals surface area contributed by atoms with Crippen LogP contribution in [0.2, 0.25) is 0 Å². The van der Waals surface area contributed by atoms with E-state index in [1.165, 1.54) is 0 Å². The van der Waals surface area contributed by atoms with Gasteiger partial charge in [-0.15, -0.1) is 0 Å². The van der Waals surface area contributed by atoms with Gasteiger partial charge in [0.1, 0.15) is 5.82 Å². The van der Waals surface area contributed by atoms with Crippen LogP contribution in [0.25, 0.3) is 5.69 Å².